The third kappa shape index (κ3) is 5.10. The van der Waals surface area contributed by atoms with Gasteiger partial charge in [-0.05, 0) is 6.07 Å². The second kappa shape index (κ2) is 7.22. The number of halogens is 6. The minimum absolute atomic E-state index is 0.0718. The van der Waals surface area contributed by atoms with Crippen LogP contribution in [0.3, 0.4) is 0 Å². The molecule has 1 N–H and O–H groups in total. The molecule has 142 valence electrons. The van der Waals surface area contributed by atoms with Crippen LogP contribution in [-0.4, -0.2) is 33.5 Å². The fraction of sp³-hybridized carbons (Fsp3) is 0.357. The quantitative estimate of drug-likeness (QED) is 0.808. The van der Waals surface area contributed by atoms with Crippen LogP contribution in [0, 0.1) is 0 Å². The summed E-state index contributed by atoms with van der Waals surface area (Å²) in [4.78, 5) is 15.6. The molecule has 0 atom stereocenters. The molecule has 0 saturated carbocycles. The van der Waals surface area contributed by atoms with E-state index in [2.05, 4.69) is 20.1 Å². The highest BCUT2D eigenvalue weighted by Gasteiger charge is 2.39. The topological polar surface area (TPSA) is 69.0 Å². The molecule has 2 heterocycles. The van der Waals surface area contributed by atoms with Crippen molar-refractivity contribution in [1.82, 2.24) is 20.1 Å². The second-order valence-corrected chi connectivity index (χ2v) is 5.12. The van der Waals surface area contributed by atoms with E-state index in [9.17, 15) is 31.1 Å². The number of hydrogen-bond acceptors (Lipinski definition) is 4. The molecule has 0 aliphatic heterocycles. The van der Waals surface area contributed by atoms with Crippen LogP contribution in [0.25, 0.3) is 0 Å². The molecule has 2 aromatic heterocycles. The number of amides is 1. The van der Waals surface area contributed by atoms with Crippen molar-refractivity contribution >= 4 is 5.91 Å². The Morgan fingerprint density at radius 2 is 1.96 bits per heavy atom. The first-order valence-corrected chi connectivity index (χ1v) is 7.00. The van der Waals surface area contributed by atoms with Gasteiger partial charge < -0.3 is 10.1 Å². The summed E-state index contributed by atoms with van der Waals surface area (Å²) in [6.45, 7) is -1.97. The number of aryl methyl sites for hydroxylation is 1. The van der Waals surface area contributed by atoms with E-state index >= 15 is 0 Å². The third-order valence-electron chi connectivity index (χ3n) is 3.00. The van der Waals surface area contributed by atoms with Crippen molar-refractivity contribution in [3.63, 3.8) is 0 Å². The van der Waals surface area contributed by atoms with E-state index in [1.165, 1.54) is 25.4 Å². The Hall–Kier alpha value is -2.79. The lowest BCUT2D eigenvalue weighted by molar-refractivity contribution is -0.154. The van der Waals surface area contributed by atoms with Crippen molar-refractivity contribution < 1.29 is 35.9 Å². The second-order valence-electron chi connectivity index (χ2n) is 5.12. The maximum Gasteiger partial charge on any atom is 0.435 e. The first-order valence-electron chi connectivity index (χ1n) is 7.00. The highest BCUT2D eigenvalue weighted by molar-refractivity contribution is 5.95. The Balaban J connectivity index is 2.11. The molecule has 12 heteroatoms. The minimum Gasteiger partial charge on any atom is -0.468 e. The molecule has 1 amide bonds. The Kier molecular flexibility index (Phi) is 5.42. The summed E-state index contributed by atoms with van der Waals surface area (Å²) in [5.41, 5.74) is -2.00. The van der Waals surface area contributed by atoms with Gasteiger partial charge in [-0.1, -0.05) is 6.07 Å². The highest BCUT2D eigenvalue weighted by Crippen LogP contribution is 2.30. The SMILES string of the molecule is Cn1cc(C(=O)NCc2cccnc2OCC(F)(F)F)c(C(F)(F)F)n1. The van der Waals surface area contributed by atoms with Crippen molar-refractivity contribution in [2.45, 2.75) is 18.9 Å². The summed E-state index contributed by atoms with van der Waals surface area (Å²) >= 11 is 0. The van der Waals surface area contributed by atoms with Gasteiger partial charge >= 0.3 is 12.4 Å². The van der Waals surface area contributed by atoms with Gasteiger partial charge in [-0.25, -0.2) is 4.98 Å². The minimum atomic E-state index is -4.83. The summed E-state index contributed by atoms with van der Waals surface area (Å²) in [5.74, 6) is -1.47. The molecule has 26 heavy (non-hydrogen) atoms. The smallest absolute Gasteiger partial charge is 0.435 e. The van der Waals surface area contributed by atoms with Gasteiger partial charge in [-0.2, -0.15) is 31.4 Å². The van der Waals surface area contributed by atoms with E-state index in [1.807, 2.05) is 0 Å². The molecule has 0 aromatic carbocycles. The summed E-state index contributed by atoms with van der Waals surface area (Å²) in [7, 11) is 1.22. The number of carbonyl (C=O) groups is 1. The van der Waals surface area contributed by atoms with Gasteiger partial charge in [0.15, 0.2) is 12.3 Å². The first kappa shape index (κ1) is 19.5. The number of alkyl halides is 6. The number of rotatable bonds is 5. The molecule has 0 spiro atoms. The van der Waals surface area contributed by atoms with Crippen LogP contribution in [0.5, 0.6) is 5.88 Å². The molecule has 6 nitrogen and oxygen atoms in total. The highest BCUT2D eigenvalue weighted by atomic mass is 19.4. The molecule has 0 radical (unpaired) electrons. The molecule has 0 fully saturated rings. The molecule has 0 saturated heterocycles. The number of pyridine rings is 1. The lowest BCUT2D eigenvalue weighted by Crippen LogP contribution is -2.26. The van der Waals surface area contributed by atoms with E-state index < -0.39 is 36.1 Å². The zero-order valence-corrected chi connectivity index (χ0v) is 13.1. The van der Waals surface area contributed by atoms with Crippen LogP contribution >= 0.6 is 0 Å². The average Bonchev–Trinajstić information content (AvgIpc) is 2.93. The summed E-state index contributed by atoms with van der Waals surface area (Å²) in [6.07, 6.45) is -7.35. The van der Waals surface area contributed by atoms with E-state index in [0.29, 0.717) is 0 Å². The zero-order valence-electron chi connectivity index (χ0n) is 13.1. The fourth-order valence-electron chi connectivity index (χ4n) is 1.97. The van der Waals surface area contributed by atoms with Crippen LogP contribution in [0.15, 0.2) is 24.5 Å². The summed E-state index contributed by atoms with van der Waals surface area (Å²) in [6, 6.07) is 2.71. The maximum absolute atomic E-state index is 12.9. The average molecular weight is 382 g/mol. The molecular weight excluding hydrogens is 370 g/mol. The molecule has 0 unspecified atom stereocenters. The molecule has 2 rings (SSSR count). The van der Waals surface area contributed by atoms with Crippen LogP contribution in [0.1, 0.15) is 21.6 Å². The van der Waals surface area contributed by atoms with E-state index in [1.54, 1.807) is 0 Å². The number of hydrogen-bond donors (Lipinski definition) is 1. The Morgan fingerprint density at radius 1 is 1.27 bits per heavy atom. The standard InChI is InChI=1S/C14H12F6N4O2/c1-24-6-9(10(23-24)14(18,19)20)11(25)22-5-8-3-2-4-21-12(8)26-7-13(15,16)17/h2-4,6H,5,7H2,1H3,(H,22,25). The fourth-order valence-corrected chi connectivity index (χ4v) is 1.97. The van der Waals surface area contributed by atoms with Crippen LogP contribution in [-0.2, 0) is 19.8 Å². The Bertz CT molecular complexity index is 784. The van der Waals surface area contributed by atoms with Gasteiger partial charge in [0, 0.05) is 31.5 Å². The van der Waals surface area contributed by atoms with Crippen molar-refractivity contribution in [2.75, 3.05) is 6.61 Å². The molecule has 0 aliphatic rings. The lowest BCUT2D eigenvalue weighted by Gasteiger charge is -2.12. The number of ether oxygens (including phenoxy) is 1. The molecule has 0 bridgehead atoms. The van der Waals surface area contributed by atoms with Crippen LogP contribution in [0.2, 0.25) is 0 Å². The van der Waals surface area contributed by atoms with Crippen molar-refractivity contribution in [3.8, 4) is 5.88 Å². The lowest BCUT2D eigenvalue weighted by atomic mass is 10.2. The zero-order chi connectivity index (χ0) is 19.5. The molecular formula is C14H12F6N4O2. The molecule has 2 aromatic rings. The number of nitrogens with zero attached hydrogens (tertiary/aromatic N) is 3. The number of carbonyl (C=O) groups excluding carboxylic acids is 1. The van der Waals surface area contributed by atoms with Crippen molar-refractivity contribution in [1.29, 1.82) is 0 Å². The van der Waals surface area contributed by atoms with Gasteiger partial charge in [-0.15, -0.1) is 0 Å². The van der Waals surface area contributed by atoms with E-state index in [4.69, 9.17) is 0 Å². The Labute approximate surface area is 142 Å². The number of nitrogens with one attached hydrogen (secondary N) is 1. The van der Waals surface area contributed by atoms with E-state index in [0.717, 1.165) is 10.9 Å². The van der Waals surface area contributed by atoms with Crippen LogP contribution in [0.4, 0.5) is 26.3 Å². The summed E-state index contributed by atoms with van der Waals surface area (Å²) in [5, 5.41) is 5.39. The van der Waals surface area contributed by atoms with Gasteiger partial charge in [0.2, 0.25) is 5.88 Å². The predicted octanol–water partition coefficient (Wildman–Crippen LogP) is 2.71. The number of aromatic nitrogens is 3. The van der Waals surface area contributed by atoms with Crippen molar-refractivity contribution in [2.24, 2.45) is 7.05 Å². The maximum atomic E-state index is 12.9. The van der Waals surface area contributed by atoms with E-state index in [-0.39, 0.29) is 18.0 Å². The largest absolute Gasteiger partial charge is 0.468 e. The van der Waals surface area contributed by atoms with Crippen LogP contribution < -0.4 is 10.1 Å². The summed E-state index contributed by atoms with van der Waals surface area (Å²) < 4.78 is 80.7. The van der Waals surface area contributed by atoms with Gasteiger partial charge in [0.05, 0.1) is 5.56 Å². The van der Waals surface area contributed by atoms with Gasteiger partial charge in [0.25, 0.3) is 5.91 Å². The Morgan fingerprint density at radius 3 is 2.58 bits per heavy atom. The van der Waals surface area contributed by atoms with Crippen molar-refractivity contribution in [3.05, 3.63) is 41.3 Å². The normalized spacial score (nSPS) is 12.1. The molecule has 0 aliphatic carbocycles. The van der Waals surface area contributed by atoms with Gasteiger partial charge in [0.1, 0.15) is 0 Å². The first-order chi connectivity index (χ1) is 12.0. The van der Waals surface area contributed by atoms with Gasteiger partial charge in [-0.3, -0.25) is 9.48 Å². The third-order valence-corrected chi connectivity index (χ3v) is 3.00. The predicted molar refractivity (Wildman–Crippen MR) is 75.2 cm³/mol. The monoisotopic (exact) mass is 382 g/mol.